The molecule has 0 spiro atoms. The molecule has 2 rings (SSSR count). The van der Waals surface area contributed by atoms with Crippen molar-refractivity contribution in [1.82, 2.24) is 20.9 Å². The van der Waals surface area contributed by atoms with E-state index in [1.54, 1.807) is 0 Å². The van der Waals surface area contributed by atoms with Gasteiger partial charge in [0.2, 0.25) is 5.82 Å². The van der Waals surface area contributed by atoms with Gasteiger partial charge in [-0.1, -0.05) is 35.5 Å². The highest BCUT2D eigenvalue weighted by Crippen LogP contribution is 2.16. The Morgan fingerprint density at radius 3 is 2.55 bits per heavy atom. The number of carbonyl (C=O) groups is 1. The molecule has 20 heavy (non-hydrogen) atoms. The van der Waals surface area contributed by atoms with E-state index in [0.717, 1.165) is 5.56 Å². The summed E-state index contributed by atoms with van der Waals surface area (Å²) in [6.07, 6.45) is 0. The lowest BCUT2D eigenvalue weighted by Crippen LogP contribution is -2.48. The zero-order chi connectivity index (χ0) is 14.6. The first-order chi connectivity index (χ1) is 9.44. The number of amides is 2. The number of carbonyl (C=O) groups excluding carboxylic acids is 1. The number of hydrazine groups is 1. The smallest absolute Gasteiger partial charge is 0.332 e. The zero-order valence-corrected chi connectivity index (χ0v) is 11.6. The van der Waals surface area contributed by atoms with Crippen molar-refractivity contribution >= 4 is 12.0 Å². The molecule has 7 heteroatoms. The van der Waals surface area contributed by atoms with Crippen LogP contribution < -0.4 is 16.2 Å². The van der Waals surface area contributed by atoms with Crippen LogP contribution >= 0.6 is 0 Å². The van der Waals surface area contributed by atoms with E-state index >= 15 is 0 Å². The van der Waals surface area contributed by atoms with Crippen molar-refractivity contribution in [3.05, 3.63) is 30.3 Å². The van der Waals surface area contributed by atoms with E-state index in [-0.39, 0.29) is 17.6 Å². The molecule has 0 unspecified atom stereocenters. The van der Waals surface area contributed by atoms with E-state index in [1.807, 2.05) is 51.1 Å². The van der Waals surface area contributed by atoms with Crippen LogP contribution in [0.4, 0.5) is 10.8 Å². The minimum absolute atomic E-state index is 0.118. The maximum Gasteiger partial charge on any atom is 0.340 e. The first-order valence-corrected chi connectivity index (χ1v) is 6.17. The zero-order valence-electron chi connectivity index (χ0n) is 11.6. The fraction of sp³-hybridized carbons (Fsp3) is 0.308. The quantitative estimate of drug-likeness (QED) is 0.746. The summed E-state index contributed by atoms with van der Waals surface area (Å²) in [6.45, 7) is 5.65. The second kappa shape index (κ2) is 5.60. The normalized spacial score (nSPS) is 10.9. The van der Waals surface area contributed by atoms with Crippen LogP contribution in [0.25, 0.3) is 11.4 Å². The number of hydrogen-bond acceptors (Lipinski definition) is 5. The SMILES string of the molecule is CC(C)(C)NC(=O)NNc1nc(-c2ccccc2)no1. The number of nitrogens with zero attached hydrogens (tertiary/aromatic N) is 2. The molecule has 3 N–H and O–H groups in total. The Morgan fingerprint density at radius 2 is 1.90 bits per heavy atom. The van der Waals surface area contributed by atoms with Crippen LogP contribution in [0, 0.1) is 0 Å². The Kier molecular flexibility index (Phi) is 3.88. The number of rotatable bonds is 3. The third-order valence-electron chi connectivity index (χ3n) is 2.23. The van der Waals surface area contributed by atoms with Crippen molar-refractivity contribution in [2.45, 2.75) is 26.3 Å². The van der Waals surface area contributed by atoms with Crippen LogP contribution in [0.3, 0.4) is 0 Å². The monoisotopic (exact) mass is 275 g/mol. The number of urea groups is 1. The molecule has 1 heterocycles. The molecule has 0 fully saturated rings. The van der Waals surface area contributed by atoms with Gasteiger partial charge in [0.1, 0.15) is 0 Å². The van der Waals surface area contributed by atoms with E-state index in [0.29, 0.717) is 5.82 Å². The average Bonchev–Trinajstić information content (AvgIpc) is 2.84. The number of hydrogen-bond donors (Lipinski definition) is 3. The molecule has 0 atom stereocenters. The van der Waals surface area contributed by atoms with E-state index in [9.17, 15) is 4.79 Å². The molecule has 0 bridgehead atoms. The van der Waals surface area contributed by atoms with Gasteiger partial charge in [-0.05, 0) is 20.8 Å². The maximum absolute atomic E-state index is 11.5. The van der Waals surface area contributed by atoms with Crippen molar-refractivity contribution in [3.8, 4) is 11.4 Å². The molecule has 0 radical (unpaired) electrons. The van der Waals surface area contributed by atoms with Crippen LogP contribution in [-0.4, -0.2) is 21.7 Å². The Hall–Kier alpha value is -2.57. The number of nitrogens with one attached hydrogen (secondary N) is 3. The number of benzene rings is 1. The predicted molar refractivity (Wildman–Crippen MR) is 74.8 cm³/mol. The summed E-state index contributed by atoms with van der Waals surface area (Å²) in [4.78, 5) is 15.7. The van der Waals surface area contributed by atoms with Crippen LogP contribution in [0.15, 0.2) is 34.9 Å². The van der Waals surface area contributed by atoms with Crippen molar-refractivity contribution < 1.29 is 9.32 Å². The summed E-state index contributed by atoms with van der Waals surface area (Å²) in [5, 5.41) is 6.54. The van der Waals surface area contributed by atoms with Crippen LogP contribution in [0.2, 0.25) is 0 Å². The van der Waals surface area contributed by atoms with Gasteiger partial charge in [0.05, 0.1) is 0 Å². The molecule has 0 saturated heterocycles. The van der Waals surface area contributed by atoms with Gasteiger partial charge < -0.3 is 9.84 Å². The van der Waals surface area contributed by atoms with E-state index in [2.05, 4.69) is 26.3 Å². The molecule has 0 aliphatic carbocycles. The summed E-state index contributed by atoms with van der Waals surface area (Å²) in [6, 6.07) is 9.15. The summed E-state index contributed by atoms with van der Waals surface area (Å²) in [5.41, 5.74) is 5.49. The van der Waals surface area contributed by atoms with Gasteiger partial charge >= 0.3 is 12.0 Å². The minimum Gasteiger partial charge on any atom is -0.332 e. The van der Waals surface area contributed by atoms with E-state index < -0.39 is 0 Å². The van der Waals surface area contributed by atoms with Crippen molar-refractivity contribution in [2.24, 2.45) is 0 Å². The van der Waals surface area contributed by atoms with E-state index in [1.165, 1.54) is 0 Å². The maximum atomic E-state index is 11.5. The molecule has 7 nitrogen and oxygen atoms in total. The highest BCUT2D eigenvalue weighted by molar-refractivity contribution is 5.75. The molecular weight excluding hydrogens is 258 g/mol. The summed E-state index contributed by atoms with van der Waals surface area (Å²) in [7, 11) is 0. The standard InChI is InChI=1S/C13H17N5O2/c1-13(2,3)15-11(19)16-17-12-14-10(18-20-12)9-7-5-4-6-8-9/h4-8H,1-3H3,(H,14,17,18)(H2,15,16,19). The number of anilines is 1. The predicted octanol–water partition coefficient (Wildman–Crippen LogP) is 2.16. The Balaban J connectivity index is 1.92. The summed E-state index contributed by atoms with van der Waals surface area (Å²) >= 11 is 0. The van der Waals surface area contributed by atoms with Gasteiger partial charge in [-0.15, -0.1) is 0 Å². The minimum atomic E-state index is -0.378. The van der Waals surface area contributed by atoms with Gasteiger partial charge in [-0.25, -0.2) is 15.6 Å². The molecule has 0 aliphatic rings. The first kappa shape index (κ1) is 13.9. The Morgan fingerprint density at radius 1 is 1.20 bits per heavy atom. The van der Waals surface area contributed by atoms with Crippen molar-refractivity contribution in [2.75, 3.05) is 5.43 Å². The van der Waals surface area contributed by atoms with Crippen LogP contribution in [0.1, 0.15) is 20.8 Å². The third-order valence-corrected chi connectivity index (χ3v) is 2.23. The molecule has 2 aromatic rings. The first-order valence-electron chi connectivity index (χ1n) is 6.17. The molecule has 1 aromatic carbocycles. The summed E-state index contributed by atoms with van der Waals surface area (Å²) < 4.78 is 4.98. The Labute approximate surface area is 116 Å². The molecule has 1 aromatic heterocycles. The van der Waals surface area contributed by atoms with E-state index in [4.69, 9.17) is 4.52 Å². The van der Waals surface area contributed by atoms with Gasteiger partial charge in [0.15, 0.2) is 0 Å². The lowest BCUT2D eigenvalue weighted by molar-refractivity contribution is 0.233. The van der Waals surface area contributed by atoms with Crippen LogP contribution in [0.5, 0.6) is 0 Å². The second-order valence-corrected chi connectivity index (χ2v) is 5.24. The van der Waals surface area contributed by atoms with Crippen LogP contribution in [-0.2, 0) is 0 Å². The topological polar surface area (TPSA) is 92.1 Å². The van der Waals surface area contributed by atoms with Gasteiger partial charge in [0, 0.05) is 11.1 Å². The molecule has 106 valence electrons. The van der Waals surface area contributed by atoms with Gasteiger partial charge in [-0.2, -0.15) is 4.98 Å². The molecule has 2 amide bonds. The number of aromatic nitrogens is 2. The third kappa shape index (κ3) is 3.98. The van der Waals surface area contributed by atoms with Crippen molar-refractivity contribution in [1.29, 1.82) is 0 Å². The highest BCUT2D eigenvalue weighted by atomic mass is 16.5. The average molecular weight is 275 g/mol. The highest BCUT2D eigenvalue weighted by Gasteiger charge is 2.14. The fourth-order valence-corrected chi connectivity index (χ4v) is 1.46. The summed E-state index contributed by atoms with van der Waals surface area (Å²) in [5.74, 6) is 0.450. The molecular formula is C13H17N5O2. The molecule has 0 saturated carbocycles. The lowest BCUT2D eigenvalue weighted by Gasteiger charge is -2.20. The largest absolute Gasteiger partial charge is 0.340 e. The second-order valence-electron chi connectivity index (χ2n) is 5.24. The Bertz CT molecular complexity index is 574. The van der Waals surface area contributed by atoms with Crippen molar-refractivity contribution in [3.63, 3.8) is 0 Å². The molecule has 0 aliphatic heterocycles. The fourth-order valence-electron chi connectivity index (χ4n) is 1.46. The van der Waals surface area contributed by atoms with Gasteiger partial charge in [-0.3, -0.25) is 0 Å². The van der Waals surface area contributed by atoms with Gasteiger partial charge in [0.25, 0.3) is 0 Å². The lowest BCUT2D eigenvalue weighted by atomic mass is 10.1.